The van der Waals surface area contributed by atoms with Gasteiger partial charge in [-0.2, -0.15) is 8.78 Å². The van der Waals surface area contributed by atoms with Crippen molar-refractivity contribution < 1.29 is 23.4 Å². The molecule has 0 bridgehead atoms. The average Bonchev–Trinajstić information content (AvgIpc) is 2.88. The molecule has 3 aromatic rings. The third-order valence-corrected chi connectivity index (χ3v) is 7.49. The van der Waals surface area contributed by atoms with Crippen molar-refractivity contribution in [3.63, 3.8) is 0 Å². The number of alkyl halides is 2. The van der Waals surface area contributed by atoms with Gasteiger partial charge >= 0.3 is 0 Å². The Labute approximate surface area is 220 Å². The highest BCUT2D eigenvalue weighted by molar-refractivity contribution is 6.04. The van der Waals surface area contributed by atoms with Gasteiger partial charge in [0.15, 0.2) is 0 Å². The molecule has 0 aliphatic carbocycles. The smallest absolute Gasteiger partial charge is 0.286 e. The number of carbonyl (C=O) groups is 1. The number of nitrogens with one attached hydrogen (secondary N) is 1. The summed E-state index contributed by atoms with van der Waals surface area (Å²) in [5, 5.41) is 13.6. The highest BCUT2D eigenvalue weighted by Gasteiger charge is 2.43. The minimum Gasteiger partial charge on any atom is -0.390 e. The van der Waals surface area contributed by atoms with E-state index in [9.17, 15) is 18.7 Å². The third-order valence-electron chi connectivity index (χ3n) is 7.49. The van der Waals surface area contributed by atoms with Crippen LogP contribution in [0.15, 0.2) is 48.8 Å². The van der Waals surface area contributed by atoms with Gasteiger partial charge in [-0.15, -0.1) is 0 Å². The van der Waals surface area contributed by atoms with Crippen LogP contribution < -0.4 is 10.2 Å². The lowest BCUT2D eigenvalue weighted by molar-refractivity contribution is -0.0275. The lowest BCUT2D eigenvalue weighted by Gasteiger charge is -2.49. The van der Waals surface area contributed by atoms with E-state index in [1.165, 1.54) is 12.3 Å². The van der Waals surface area contributed by atoms with Crippen molar-refractivity contribution in [2.45, 2.75) is 51.7 Å². The summed E-state index contributed by atoms with van der Waals surface area (Å²) in [5.74, 6) is -3.64. The molecule has 2 aliphatic heterocycles. The molecular weight excluding hydrogens is 490 g/mol. The molecule has 5 rings (SSSR count). The number of fused-ring (bicyclic) bond motifs is 3. The summed E-state index contributed by atoms with van der Waals surface area (Å²) in [6, 6.07) is 10.3. The van der Waals surface area contributed by atoms with Crippen LogP contribution in [0.2, 0.25) is 0 Å². The van der Waals surface area contributed by atoms with Crippen molar-refractivity contribution in [3.05, 3.63) is 71.3 Å². The summed E-state index contributed by atoms with van der Waals surface area (Å²) in [5.41, 5.74) is 4.12. The summed E-state index contributed by atoms with van der Waals surface area (Å²) >= 11 is 0. The van der Waals surface area contributed by atoms with Gasteiger partial charge in [0.05, 0.1) is 36.2 Å². The van der Waals surface area contributed by atoms with Gasteiger partial charge in [-0.25, -0.2) is 0 Å². The molecule has 2 aromatic heterocycles. The molecule has 2 atom stereocenters. The van der Waals surface area contributed by atoms with Crippen molar-refractivity contribution in [1.29, 1.82) is 0 Å². The van der Waals surface area contributed by atoms with E-state index in [2.05, 4.69) is 21.3 Å². The predicted octanol–water partition coefficient (Wildman–Crippen LogP) is 4.96. The molecule has 1 fully saturated rings. The lowest BCUT2D eigenvalue weighted by atomic mass is 9.77. The van der Waals surface area contributed by atoms with Crippen LogP contribution in [0.3, 0.4) is 0 Å². The molecule has 0 spiro atoms. The number of morpholine rings is 1. The quantitative estimate of drug-likeness (QED) is 0.492. The fourth-order valence-electron chi connectivity index (χ4n) is 5.38. The second-order valence-electron chi connectivity index (χ2n) is 10.8. The Hall–Kier alpha value is -3.43. The van der Waals surface area contributed by atoms with Crippen LogP contribution >= 0.6 is 0 Å². The minimum atomic E-state index is -3.14. The molecule has 1 amide bonds. The Balaban J connectivity index is 1.44. The van der Waals surface area contributed by atoms with E-state index in [-0.39, 0.29) is 17.5 Å². The molecule has 4 heterocycles. The van der Waals surface area contributed by atoms with Crippen LogP contribution in [0.25, 0.3) is 11.1 Å². The highest BCUT2D eigenvalue weighted by Crippen LogP contribution is 2.41. The van der Waals surface area contributed by atoms with Crippen molar-refractivity contribution in [3.8, 4) is 11.1 Å². The van der Waals surface area contributed by atoms with Gasteiger partial charge in [-0.05, 0) is 68.7 Å². The average molecular weight is 523 g/mol. The Morgan fingerprint density at radius 3 is 2.68 bits per heavy atom. The Bertz CT molecular complexity index is 1370. The van der Waals surface area contributed by atoms with E-state index >= 15 is 0 Å². The van der Waals surface area contributed by atoms with Crippen LogP contribution in [-0.2, 0) is 17.1 Å². The number of aliphatic hydroxyl groups is 1. The second kappa shape index (κ2) is 9.71. The molecule has 2 N–H and O–H groups in total. The Kier molecular flexibility index (Phi) is 6.69. The van der Waals surface area contributed by atoms with Crippen molar-refractivity contribution in [1.82, 2.24) is 9.97 Å². The van der Waals surface area contributed by atoms with E-state index in [0.717, 1.165) is 47.6 Å². The van der Waals surface area contributed by atoms with Gasteiger partial charge in [0.1, 0.15) is 5.69 Å². The SMILES string of the molecule is Cc1ccc(NC(=O)c2ccnc(C(C)(F)F)c2)cc1-c1cnc2c(c1)N1CCOC[C@@H]1C(C(C)(C)O)C2. The zero-order valence-corrected chi connectivity index (χ0v) is 22.0. The zero-order chi connectivity index (χ0) is 27.2. The fraction of sp³-hybridized carbons (Fsp3) is 0.414. The molecule has 1 unspecified atom stereocenters. The number of anilines is 2. The number of hydrogen-bond acceptors (Lipinski definition) is 6. The number of pyridine rings is 2. The molecule has 0 radical (unpaired) electrons. The maximum Gasteiger partial charge on any atom is 0.286 e. The standard InChI is InChI=1S/C29H32F2N4O3/c1-17-5-6-20(34-27(36)18-7-8-32-26(12-18)29(4,30)31)13-21(17)19-11-24-23(33-15-19)14-22(28(2,3)37)25-16-38-10-9-35(24)25/h5-8,11-13,15,22,25,37H,9-10,14,16H2,1-4H3,(H,34,36)/t22?,25-/m1/s1. The van der Waals surface area contributed by atoms with Gasteiger partial charge in [-0.1, -0.05) is 6.07 Å². The van der Waals surface area contributed by atoms with E-state index in [4.69, 9.17) is 9.72 Å². The number of nitrogens with zero attached hydrogens (tertiary/aromatic N) is 3. The van der Waals surface area contributed by atoms with Crippen LogP contribution in [0.4, 0.5) is 20.2 Å². The van der Waals surface area contributed by atoms with E-state index in [1.807, 2.05) is 39.1 Å². The number of rotatable bonds is 5. The molecule has 38 heavy (non-hydrogen) atoms. The molecule has 2 aliphatic rings. The number of amides is 1. The first-order valence-corrected chi connectivity index (χ1v) is 12.7. The molecule has 1 saturated heterocycles. The number of ether oxygens (including phenoxy) is 1. The van der Waals surface area contributed by atoms with Crippen LogP contribution in [-0.4, -0.2) is 52.4 Å². The lowest BCUT2D eigenvalue weighted by Crippen LogP contribution is -2.58. The number of aromatic nitrogens is 2. The molecule has 1 aromatic carbocycles. The largest absolute Gasteiger partial charge is 0.390 e. The first-order chi connectivity index (χ1) is 17.9. The summed E-state index contributed by atoms with van der Waals surface area (Å²) in [6.07, 6.45) is 3.69. The molecule has 0 saturated carbocycles. The van der Waals surface area contributed by atoms with Crippen molar-refractivity contribution in [2.24, 2.45) is 5.92 Å². The molecule has 7 nitrogen and oxygen atoms in total. The summed E-state index contributed by atoms with van der Waals surface area (Å²) in [7, 11) is 0. The van der Waals surface area contributed by atoms with Gasteiger partial charge in [0, 0.05) is 48.6 Å². The van der Waals surface area contributed by atoms with Gasteiger partial charge in [0.2, 0.25) is 0 Å². The molecule has 9 heteroatoms. The van der Waals surface area contributed by atoms with E-state index < -0.39 is 23.1 Å². The first kappa shape index (κ1) is 26.2. The number of halogens is 2. The predicted molar refractivity (Wildman–Crippen MR) is 142 cm³/mol. The monoisotopic (exact) mass is 522 g/mol. The molecular formula is C29H32F2N4O3. The zero-order valence-electron chi connectivity index (χ0n) is 22.0. The Morgan fingerprint density at radius 1 is 1.16 bits per heavy atom. The number of benzene rings is 1. The third kappa shape index (κ3) is 5.13. The number of hydrogen-bond donors (Lipinski definition) is 2. The summed E-state index contributed by atoms with van der Waals surface area (Å²) in [4.78, 5) is 23.6. The summed E-state index contributed by atoms with van der Waals surface area (Å²) in [6.45, 7) is 8.30. The van der Waals surface area contributed by atoms with Gasteiger partial charge < -0.3 is 20.1 Å². The Morgan fingerprint density at radius 2 is 1.95 bits per heavy atom. The highest BCUT2D eigenvalue weighted by atomic mass is 19.3. The first-order valence-electron chi connectivity index (χ1n) is 12.7. The van der Waals surface area contributed by atoms with E-state index in [1.54, 1.807) is 6.07 Å². The normalized spacial score (nSPS) is 19.5. The van der Waals surface area contributed by atoms with Gasteiger partial charge in [-0.3, -0.25) is 14.8 Å². The van der Waals surface area contributed by atoms with Crippen LogP contribution in [0.1, 0.15) is 48.1 Å². The maximum absolute atomic E-state index is 13.7. The second-order valence-corrected chi connectivity index (χ2v) is 10.8. The van der Waals surface area contributed by atoms with Crippen molar-refractivity contribution >= 4 is 17.3 Å². The minimum absolute atomic E-state index is 0.00436. The molecule has 200 valence electrons. The van der Waals surface area contributed by atoms with Crippen molar-refractivity contribution in [2.75, 3.05) is 30.0 Å². The summed E-state index contributed by atoms with van der Waals surface area (Å²) < 4.78 is 33.2. The fourth-order valence-corrected chi connectivity index (χ4v) is 5.38. The van der Waals surface area contributed by atoms with Crippen LogP contribution in [0.5, 0.6) is 0 Å². The van der Waals surface area contributed by atoms with Gasteiger partial charge in [0.25, 0.3) is 11.8 Å². The topological polar surface area (TPSA) is 87.6 Å². The van der Waals surface area contributed by atoms with E-state index in [0.29, 0.717) is 25.3 Å². The van der Waals surface area contributed by atoms with Crippen LogP contribution in [0, 0.1) is 12.8 Å². The number of carbonyl (C=O) groups excluding carboxylic acids is 1. The number of aryl methyl sites for hydroxylation is 1. The maximum atomic E-state index is 13.7.